The summed E-state index contributed by atoms with van der Waals surface area (Å²) >= 11 is 0. The maximum absolute atomic E-state index is 11.9. The summed E-state index contributed by atoms with van der Waals surface area (Å²) in [7, 11) is 0. The van der Waals surface area contributed by atoms with E-state index in [-0.39, 0.29) is 24.8 Å². The van der Waals surface area contributed by atoms with Crippen molar-refractivity contribution in [3.8, 4) is 0 Å². The number of hydrogen-bond acceptors (Lipinski definition) is 3. The highest BCUT2D eigenvalue weighted by Gasteiger charge is 2.07. The number of hydrogen-bond donors (Lipinski definition) is 3. The lowest BCUT2D eigenvalue weighted by Crippen LogP contribution is -2.32. The SMILES string of the molecule is Cc1ccc(CCC(=O)NCC(=O)Nc2ccc(CCC(=O)O)cc2)cc1. The zero-order chi connectivity index (χ0) is 19.6. The van der Waals surface area contributed by atoms with Crippen LogP contribution in [0.4, 0.5) is 5.69 Å². The van der Waals surface area contributed by atoms with Gasteiger partial charge < -0.3 is 15.7 Å². The van der Waals surface area contributed by atoms with Crippen molar-refractivity contribution >= 4 is 23.5 Å². The normalized spacial score (nSPS) is 10.3. The van der Waals surface area contributed by atoms with Gasteiger partial charge in [0, 0.05) is 18.5 Å². The number of carbonyl (C=O) groups excluding carboxylic acids is 2. The van der Waals surface area contributed by atoms with Crippen LogP contribution in [-0.2, 0) is 27.2 Å². The van der Waals surface area contributed by atoms with Gasteiger partial charge in [-0.15, -0.1) is 0 Å². The van der Waals surface area contributed by atoms with Crippen LogP contribution in [0.25, 0.3) is 0 Å². The van der Waals surface area contributed by atoms with Crippen molar-refractivity contribution in [3.63, 3.8) is 0 Å². The lowest BCUT2D eigenvalue weighted by atomic mass is 10.1. The Bertz CT molecular complexity index is 783. The molecule has 0 radical (unpaired) electrons. The molecule has 0 aliphatic heterocycles. The predicted molar refractivity (Wildman–Crippen MR) is 104 cm³/mol. The molecule has 0 unspecified atom stereocenters. The van der Waals surface area contributed by atoms with Crippen molar-refractivity contribution in [2.45, 2.75) is 32.6 Å². The highest BCUT2D eigenvalue weighted by molar-refractivity contribution is 5.94. The van der Waals surface area contributed by atoms with E-state index in [1.54, 1.807) is 24.3 Å². The molecule has 6 heteroatoms. The van der Waals surface area contributed by atoms with E-state index < -0.39 is 5.97 Å². The molecule has 2 aromatic rings. The summed E-state index contributed by atoms with van der Waals surface area (Å²) in [5, 5.41) is 14.0. The van der Waals surface area contributed by atoms with Crippen molar-refractivity contribution in [2.75, 3.05) is 11.9 Å². The first-order chi connectivity index (χ1) is 12.9. The first-order valence-corrected chi connectivity index (χ1v) is 8.85. The van der Waals surface area contributed by atoms with Gasteiger partial charge in [0.15, 0.2) is 0 Å². The van der Waals surface area contributed by atoms with Crippen LogP contribution >= 0.6 is 0 Å². The van der Waals surface area contributed by atoms with Crippen LogP contribution in [0.3, 0.4) is 0 Å². The highest BCUT2D eigenvalue weighted by Crippen LogP contribution is 2.11. The second-order valence-electron chi connectivity index (χ2n) is 6.40. The predicted octanol–water partition coefficient (Wildman–Crippen LogP) is 2.70. The number of carbonyl (C=O) groups is 3. The third-order valence-electron chi connectivity index (χ3n) is 4.07. The number of aryl methyl sites for hydroxylation is 3. The Kier molecular flexibility index (Phi) is 7.55. The molecular formula is C21H24N2O4. The molecule has 2 aromatic carbocycles. The standard InChI is InChI=1S/C21H24N2O4/c1-15-2-4-16(5-3-15)8-12-19(24)22-14-20(25)23-18-10-6-17(7-11-18)9-13-21(26)27/h2-7,10-11H,8-9,12-14H2,1H3,(H,22,24)(H,23,25)(H,26,27). The van der Waals surface area contributed by atoms with Crippen molar-refractivity contribution in [3.05, 3.63) is 65.2 Å². The van der Waals surface area contributed by atoms with Crippen molar-refractivity contribution < 1.29 is 19.5 Å². The number of nitrogens with one attached hydrogen (secondary N) is 2. The fourth-order valence-electron chi connectivity index (χ4n) is 2.49. The summed E-state index contributed by atoms with van der Waals surface area (Å²) in [6.45, 7) is 1.92. The Balaban J connectivity index is 1.69. The Morgan fingerprint density at radius 3 is 1.96 bits per heavy atom. The van der Waals surface area contributed by atoms with E-state index >= 15 is 0 Å². The van der Waals surface area contributed by atoms with Crippen molar-refractivity contribution in [2.24, 2.45) is 0 Å². The molecule has 0 aliphatic rings. The average Bonchev–Trinajstić information content (AvgIpc) is 2.65. The molecule has 3 N–H and O–H groups in total. The van der Waals surface area contributed by atoms with E-state index in [9.17, 15) is 14.4 Å². The lowest BCUT2D eigenvalue weighted by Gasteiger charge is -2.08. The fourth-order valence-corrected chi connectivity index (χ4v) is 2.49. The lowest BCUT2D eigenvalue weighted by molar-refractivity contribution is -0.137. The second-order valence-corrected chi connectivity index (χ2v) is 6.40. The number of benzene rings is 2. The summed E-state index contributed by atoms with van der Waals surface area (Å²) in [6.07, 6.45) is 1.47. The molecule has 0 fully saturated rings. The molecule has 2 rings (SSSR count). The molecule has 0 aliphatic carbocycles. The first kappa shape index (κ1) is 20.2. The smallest absolute Gasteiger partial charge is 0.303 e. The van der Waals surface area contributed by atoms with E-state index in [0.717, 1.165) is 11.1 Å². The third-order valence-corrected chi connectivity index (χ3v) is 4.07. The zero-order valence-corrected chi connectivity index (χ0v) is 15.3. The molecule has 6 nitrogen and oxygen atoms in total. The average molecular weight is 368 g/mol. The van der Waals surface area contributed by atoms with Crippen LogP contribution in [0.1, 0.15) is 29.5 Å². The number of rotatable bonds is 9. The van der Waals surface area contributed by atoms with Crippen LogP contribution in [0.2, 0.25) is 0 Å². The summed E-state index contributed by atoms with van der Waals surface area (Å²) in [5.41, 5.74) is 3.76. The quantitative estimate of drug-likeness (QED) is 0.634. The van der Waals surface area contributed by atoms with Gasteiger partial charge in [-0.3, -0.25) is 14.4 Å². The zero-order valence-electron chi connectivity index (χ0n) is 15.3. The highest BCUT2D eigenvalue weighted by atomic mass is 16.4. The molecule has 0 heterocycles. The topological polar surface area (TPSA) is 95.5 Å². The van der Waals surface area contributed by atoms with Crippen LogP contribution in [0.5, 0.6) is 0 Å². The number of carboxylic acid groups (broad SMARTS) is 1. The van der Waals surface area contributed by atoms with Crippen LogP contribution in [0, 0.1) is 6.92 Å². The number of carboxylic acids is 1. The number of amides is 2. The van der Waals surface area contributed by atoms with Gasteiger partial charge in [0.25, 0.3) is 0 Å². The Labute approximate surface area is 158 Å². The molecule has 2 amide bonds. The van der Waals surface area contributed by atoms with E-state index in [0.29, 0.717) is 24.9 Å². The van der Waals surface area contributed by atoms with Gasteiger partial charge in [-0.1, -0.05) is 42.0 Å². The summed E-state index contributed by atoms with van der Waals surface area (Å²) < 4.78 is 0. The molecule has 0 saturated heterocycles. The Morgan fingerprint density at radius 1 is 0.815 bits per heavy atom. The Hall–Kier alpha value is -3.15. The van der Waals surface area contributed by atoms with Gasteiger partial charge in [0.05, 0.1) is 6.54 Å². The summed E-state index contributed by atoms with van der Waals surface area (Å²) in [5.74, 6) is -1.32. The van der Waals surface area contributed by atoms with E-state index in [2.05, 4.69) is 10.6 Å². The molecule has 0 bridgehead atoms. The van der Waals surface area contributed by atoms with E-state index in [1.807, 2.05) is 31.2 Å². The minimum Gasteiger partial charge on any atom is -0.481 e. The minimum absolute atomic E-state index is 0.0698. The molecule has 0 saturated carbocycles. The minimum atomic E-state index is -0.842. The monoisotopic (exact) mass is 368 g/mol. The van der Waals surface area contributed by atoms with Gasteiger partial charge in [-0.25, -0.2) is 0 Å². The second kappa shape index (κ2) is 10.1. The van der Waals surface area contributed by atoms with Crippen LogP contribution in [-0.4, -0.2) is 29.4 Å². The van der Waals surface area contributed by atoms with Crippen molar-refractivity contribution in [1.29, 1.82) is 0 Å². The van der Waals surface area contributed by atoms with Crippen LogP contribution in [0.15, 0.2) is 48.5 Å². The van der Waals surface area contributed by atoms with E-state index in [4.69, 9.17) is 5.11 Å². The maximum Gasteiger partial charge on any atom is 0.303 e. The molecule has 0 atom stereocenters. The fraction of sp³-hybridized carbons (Fsp3) is 0.286. The van der Waals surface area contributed by atoms with E-state index in [1.165, 1.54) is 5.56 Å². The van der Waals surface area contributed by atoms with Crippen LogP contribution < -0.4 is 10.6 Å². The third kappa shape index (κ3) is 7.73. The molecule has 27 heavy (non-hydrogen) atoms. The molecule has 142 valence electrons. The Morgan fingerprint density at radius 2 is 1.37 bits per heavy atom. The maximum atomic E-state index is 11.9. The van der Waals surface area contributed by atoms with Crippen molar-refractivity contribution in [1.82, 2.24) is 5.32 Å². The largest absolute Gasteiger partial charge is 0.481 e. The molecule has 0 aromatic heterocycles. The van der Waals surface area contributed by atoms with Gasteiger partial charge in [0.2, 0.25) is 11.8 Å². The molecular weight excluding hydrogens is 344 g/mol. The van der Waals surface area contributed by atoms with Gasteiger partial charge in [-0.2, -0.15) is 0 Å². The first-order valence-electron chi connectivity index (χ1n) is 8.85. The van der Waals surface area contributed by atoms with Gasteiger partial charge in [0.1, 0.15) is 0 Å². The van der Waals surface area contributed by atoms with Gasteiger partial charge in [-0.05, 0) is 43.0 Å². The molecule has 0 spiro atoms. The summed E-state index contributed by atoms with van der Waals surface area (Å²) in [4.78, 5) is 34.4. The number of aliphatic carboxylic acids is 1. The summed E-state index contributed by atoms with van der Waals surface area (Å²) in [6, 6.07) is 15.0. The number of anilines is 1. The van der Waals surface area contributed by atoms with Gasteiger partial charge >= 0.3 is 5.97 Å².